The Morgan fingerprint density at radius 3 is 1.06 bits per heavy atom. The molecule has 3 saturated heterocycles. The molecule has 4 aromatic heterocycles. The van der Waals surface area contributed by atoms with Crippen molar-refractivity contribution in [2.75, 3.05) is 138 Å². The van der Waals surface area contributed by atoms with Gasteiger partial charge in [0, 0.05) is 155 Å². The lowest BCUT2D eigenvalue weighted by atomic mass is 9.88. The van der Waals surface area contributed by atoms with Crippen molar-refractivity contribution < 1.29 is 23.9 Å². The number of nitrogens with one attached hydrogen (secondary N) is 3. The van der Waals surface area contributed by atoms with Crippen LogP contribution in [0.25, 0.3) is 0 Å². The normalized spacial score (nSPS) is 18.1. The van der Waals surface area contributed by atoms with Crippen molar-refractivity contribution in [1.29, 1.82) is 0 Å². The van der Waals surface area contributed by atoms with Gasteiger partial charge in [0.05, 0.1) is 28.1 Å². The minimum absolute atomic E-state index is 0.0822. The Hall–Kier alpha value is -8.77. The van der Waals surface area contributed by atoms with Gasteiger partial charge in [0.1, 0.15) is 28.9 Å². The van der Waals surface area contributed by atoms with Crippen molar-refractivity contribution in [3.8, 4) is 0 Å². The highest BCUT2D eigenvalue weighted by Gasteiger charge is 2.50. The molecule has 3 N–H and O–H groups in total. The molecule has 2 aromatic carbocycles. The van der Waals surface area contributed by atoms with Crippen LogP contribution < -0.4 is 45.3 Å². The second-order valence-electron chi connectivity index (χ2n) is 29.5. The summed E-state index contributed by atoms with van der Waals surface area (Å²) in [5, 5.41) is 9.83. The fourth-order valence-electron chi connectivity index (χ4n) is 13.8. The van der Waals surface area contributed by atoms with Crippen molar-refractivity contribution in [3.05, 3.63) is 102 Å². The minimum Gasteiger partial charge on any atom is -0.444 e. The maximum absolute atomic E-state index is 13.2. The standard InChI is InChI=1S/C28H40N6O3.C24H34N6O.C23H33N7O/c1-8-20(9-2)34-23-22(28(6,7)24(34)35)18-29-25(31-23)30-19-10-12-21(13-11-19)32-14-16-33(17-15-32)26(36)37-27(3,4)5;1-6-18(7-2)30-21-20(24(3,4)22(30)31)16-25-23(27-21)26-17-8-10-19(11-9-17)29-14-12-28(5)13-15-29;1-6-16(7-2)30-20-18(23(3,4)21(30)31)15-25-22(27-20)26-19-9-8-17(14-24-19)29-12-10-28(5)11-13-29/h10-13,18,20H,8-9,14-17H2,1-7H3,(H,29,30,31);8-11,16,18H,6-7,12-15H2,1-5H3,(H,25,26,27);8-9,14-16H,6-7,10-13H2,1-5H3,(H,24,25,26,27). The van der Waals surface area contributed by atoms with E-state index < -0.39 is 21.8 Å². The molecule has 4 amide bonds. The molecule has 6 aliphatic rings. The number of likely N-dealkylation sites (N-methyl/N-ethyl adjacent to an activating group) is 2. The molecule has 24 nitrogen and oxygen atoms in total. The summed E-state index contributed by atoms with van der Waals surface area (Å²) in [5.41, 5.74) is 5.59. The Morgan fingerprint density at radius 1 is 0.434 bits per heavy atom. The fourth-order valence-corrected chi connectivity index (χ4v) is 13.8. The molecule has 0 aliphatic carbocycles. The number of amides is 4. The molecule has 0 spiro atoms. The second kappa shape index (κ2) is 30.4. The van der Waals surface area contributed by atoms with E-state index in [4.69, 9.17) is 19.7 Å². The predicted octanol–water partition coefficient (Wildman–Crippen LogP) is 12.1. The van der Waals surface area contributed by atoms with Crippen LogP contribution in [-0.4, -0.2) is 190 Å². The number of carbonyl (C=O) groups excluding carboxylic acids is 4. The molecule has 6 aromatic rings. The fraction of sp³-hybridized carbons (Fsp3) is 0.560. The first kappa shape index (κ1) is 73.0. The zero-order valence-electron chi connectivity index (χ0n) is 61.7. The van der Waals surface area contributed by atoms with Gasteiger partial charge in [0.25, 0.3) is 0 Å². The van der Waals surface area contributed by atoms with Crippen molar-refractivity contribution in [1.82, 2.24) is 49.6 Å². The number of anilines is 12. The molecule has 0 bridgehead atoms. The Kier molecular flexibility index (Phi) is 22.4. The summed E-state index contributed by atoms with van der Waals surface area (Å²) in [6.45, 7) is 41.2. The SMILES string of the molecule is CCC(CC)N1C(=O)C(C)(C)c2cnc(Nc3ccc(N4CCN(C(=O)OC(C)(C)C)CC4)cc3)nc21.CCC(CC)N1C(=O)C(C)(C)c2cnc(Nc3ccc(N4CCN(C)CC4)cc3)nc21.CCC(CC)N1C(=O)C(C)(C)c2cnc(Nc3ccc(N4CCN(C)CC4)cn3)nc21. The molecule has 99 heavy (non-hydrogen) atoms. The molecule has 532 valence electrons. The van der Waals surface area contributed by atoms with Gasteiger partial charge in [-0.05, 0) is 176 Å². The van der Waals surface area contributed by atoms with E-state index in [0.29, 0.717) is 42.6 Å². The zero-order valence-corrected chi connectivity index (χ0v) is 61.7. The smallest absolute Gasteiger partial charge is 0.410 e. The number of hydrogen-bond acceptors (Lipinski definition) is 20. The van der Waals surface area contributed by atoms with E-state index in [1.807, 2.05) is 108 Å². The molecule has 0 unspecified atom stereocenters. The van der Waals surface area contributed by atoms with E-state index in [2.05, 4.69) is 158 Å². The van der Waals surface area contributed by atoms with Gasteiger partial charge < -0.3 is 50.1 Å². The molecular weight excluding hydrogens is 1250 g/mol. The summed E-state index contributed by atoms with van der Waals surface area (Å²) in [6.07, 6.45) is 12.3. The largest absolute Gasteiger partial charge is 0.444 e. The minimum atomic E-state index is -0.633. The maximum atomic E-state index is 13.2. The molecule has 24 heteroatoms. The molecular formula is C75H107N19O5. The number of rotatable bonds is 18. The zero-order chi connectivity index (χ0) is 71.3. The summed E-state index contributed by atoms with van der Waals surface area (Å²) in [7, 11) is 4.32. The van der Waals surface area contributed by atoms with E-state index in [9.17, 15) is 19.2 Å². The summed E-state index contributed by atoms with van der Waals surface area (Å²) in [5.74, 6) is 4.60. The van der Waals surface area contributed by atoms with Crippen LogP contribution in [0.2, 0.25) is 0 Å². The molecule has 12 rings (SSSR count). The molecule has 6 aliphatic heterocycles. The Balaban J connectivity index is 0.000000162. The first-order valence-corrected chi connectivity index (χ1v) is 35.8. The molecule has 0 saturated carbocycles. The van der Waals surface area contributed by atoms with E-state index in [1.165, 1.54) is 5.69 Å². The van der Waals surface area contributed by atoms with Crippen LogP contribution in [-0.2, 0) is 35.4 Å². The van der Waals surface area contributed by atoms with Crippen molar-refractivity contribution in [2.24, 2.45) is 0 Å². The van der Waals surface area contributed by atoms with Gasteiger partial charge in [-0.15, -0.1) is 0 Å². The number of hydrogen-bond donors (Lipinski definition) is 3. The van der Waals surface area contributed by atoms with Crippen LogP contribution in [0.5, 0.6) is 0 Å². The Labute approximate surface area is 586 Å². The van der Waals surface area contributed by atoms with E-state index in [0.717, 1.165) is 155 Å². The molecule has 0 atom stereocenters. The first-order valence-electron chi connectivity index (χ1n) is 35.8. The number of carbonyl (C=O) groups is 4. The number of nitrogens with zero attached hydrogens (tertiary/aromatic N) is 16. The predicted molar refractivity (Wildman–Crippen MR) is 397 cm³/mol. The van der Waals surface area contributed by atoms with Gasteiger partial charge in [-0.1, -0.05) is 41.5 Å². The van der Waals surface area contributed by atoms with Crippen molar-refractivity contribution >= 4 is 93.4 Å². The lowest BCUT2D eigenvalue weighted by molar-refractivity contribution is -0.123. The molecule has 0 radical (unpaired) electrons. The molecule has 3 fully saturated rings. The average molecular weight is 1350 g/mol. The van der Waals surface area contributed by atoms with Crippen molar-refractivity contribution in [3.63, 3.8) is 0 Å². The number of fused-ring (bicyclic) bond motifs is 3. The third-order valence-corrected chi connectivity index (χ3v) is 20.5. The lowest BCUT2D eigenvalue weighted by Gasteiger charge is -2.36. The lowest BCUT2D eigenvalue weighted by Crippen LogP contribution is -2.50. The van der Waals surface area contributed by atoms with E-state index >= 15 is 0 Å². The van der Waals surface area contributed by atoms with Gasteiger partial charge in [-0.2, -0.15) is 15.0 Å². The number of ether oxygens (including phenoxy) is 1. The van der Waals surface area contributed by atoms with Crippen LogP contribution in [0.1, 0.15) is 159 Å². The quantitative estimate of drug-likeness (QED) is 0.0726. The van der Waals surface area contributed by atoms with Crippen molar-refractivity contribution in [2.45, 2.75) is 182 Å². The van der Waals surface area contributed by atoms with E-state index in [-0.39, 0.29) is 41.9 Å². The number of pyridine rings is 1. The second-order valence-corrected chi connectivity index (χ2v) is 29.5. The molecule has 10 heterocycles. The number of benzene rings is 2. The van der Waals surface area contributed by atoms with Crippen LogP contribution in [0.15, 0.2) is 85.5 Å². The van der Waals surface area contributed by atoms with E-state index in [1.54, 1.807) is 17.3 Å². The Morgan fingerprint density at radius 2 is 0.747 bits per heavy atom. The maximum Gasteiger partial charge on any atom is 0.410 e. The summed E-state index contributed by atoms with van der Waals surface area (Å²) in [6, 6.07) is 21.0. The highest BCUT2D eigenvalue weighted by atomic mass is 16.6. The number of aromatic nitrogens is 7. The summed E-state index contributed by atoms with van der Waals surface area (Å²) < 4.78 is 5.49. The topological polar surface area (TPSA) is 233 Å². The monoisotopic (exact) mass is 1350 g/mol. The third-order valence-electron chi connectivity index (χ3n) is 20.5. The average Bonchev–Trinajstić information content (AvgIpc) is 1.61. The summed E-state index contributed by atoms with van der Waals surface area (Å²) in [4.78, 5) is 103. The van der Waals surface area contributed by atoms with Crippen LogP contribution >= 0.6 is 0 Å². The van der Waals surface area contributed by atoms with Gasteiger partial charge in [0.15, 0.2) is 0 Å². The van der Waals surface area contributed by atoms with Gasteiger partial charge in [0.2, 0.25) is 35.6 Å². The highest BCUT2D eigenvalue weighted by molar-refractivity contribution is 6.08. The van der Waals surface area contributed by atoms with Crippen LogP contribution in [0, 0.1) is 0 Å². The van der Waals surface area contributed by atoms with Gasteiger partial charge in [-0.3, -0.25) is 29.1 Å². The van der Waals surface area contributed by atoms with Gasteiger partial charge in [-0.25, -0.2) is 24.7 Å². The van der Waals surface area contributed by atoms with Crippen LogP contribution in [0.3, 0.4) is 0 Å². The van der Waals surface area contributed by atoms with Crippen LogP contribution in [0.4, 0.5) is 74.3 Å². The van der Waals surface area contributed by atoms with Gasteiger partial charge >= 0.3 is 6.09 Å². The third kappa shape index (κ3) is 15.8. The number of piperazine rings is 3. The summed E-state index contributed by atoms with van der Waals surface area (Å²) >= 11 is 0. The first-order chi connectivity index (χ1) is 47.1. The Bertz CT molecular complexity index is 3610. The highest BCUT2D eigenvalue weighted by Crippen LogP contribution is 2.45.